The first-order valence-electron chi connectivity index (χ1n) is 12.3. The van der Waals surface area contributed by atoms with E-state index in [4.69, 9.17) is 20.9 Å². The van der Waals surface area contributed by atoms with Gasteiger partial charge in [-0.1, -0.05) is 41.0 Å². The van der Waals surface area contributed by atoms with E-state index in [1.807, 2.05) is 13.8 Å². The molecule has 0 saturated carbocycles. The zero-order chi connectivity index (χ0) is 27.8. The highest BCUT2D eigenvalue weighted by molar-refractivity contribution is 6.33. The molecule has 0 fully saturated rings. The lowest BCUT2D eigenvalue weighted by Crippen LogP contribution is -2.33. The number of aryl methyl sites for hydroxylation is 1. The maximum atomic E-state index is 13.8. The van der Waals surface area contributed by atoms with Crippen LogP contribution in [0.2, 0.25) is 5.02 Å². The minimum absolute atomic E-state index is 0.00107. The van der Waals surface area contributed by atoms with Crippen LogP contribution in [0.25, 0.3) is 27.9 Å². The van der Waals surface area contributed by atoms with Crippen molar-refractivity contribution in [3.63, 3.8) is 0 Å². The van der Waals surface area contributed by atoms with Crippen molar-refractivity contribution in [3.8, 4) is 11.3 Å². The molecule has 0 atom stereocenters. The fraction of sp³-hybridized carbons (Fsp3) is 0.214. The van der Waals surface area contributed by atoms with Crippen LogP contribution in [-0.2, 0) is 4.74 Å². The first-order valence-corrected chi connectivity index (χ1v) is 12.6. The lowest BCUT2D eigenvalue weighted by atomic mass is 10.1. The molecule has 4 heterocycles. The molecule has 198 valence electrons. The molecular formula is C28H24ClN5O5. The predicted molar refractivity (Wildman–Crippen MR) is 145 cm³/mol. The minimum Gasteiger partial charge on any atom is -0.462 e. The van der Waals surface area contributed by atoms with Gasteiger partial charge in [0.15, 0.2) is 5.49 Å². The van der Waals surface area contributed by atoms with E-state index in [0.717, 1.165) is 0 Å². The Balaban J connectivity index is 1.86. The van der Waals surface area contributed by atoms with Crippen LogP contribution < -0.4 is 11.0 Å². The van der Waals surface area contributed by atoms with Crippen LogP contribution in [0, 0.1) is 6.92 Å². The van der Waals surface area contributed by atoms with Gasteiger partial charge in [0.2, 0.25) is 0 Å². The summed E-state index contributed by atoms with van der Waals surface area (Å²) >= 11 is 6.37. The molecule has 5 rings (SSSR count). The van der Waals surface area contributed by atoms with Gasteiger partial charge in [-0.15, -0.1) is 0 Å². The van der Waals surface area contributed by atoms with Crippen molar-refractivity contribution >= 4 is 40.2 Å². The second kappa shape index (κ2) is 10.3. The third kappa shape index (κ3) is 4.52. The number of aromatic nitrogens is 4. The number of hydrogen-bond acceptors (Lipinski definition) is 7. The summed E-state index contributed by atoms with van der Waals surface area (Å²) in [5, 5.41) is 4.62. The zero-order valence-corrected chi connectivity index (χ0v) is 22.4. The van der Waals surface area contributed by atoms with Crippen molar-refractivity contribution < 1.29 is 18.8 Å². The Hall–Kier alpha value is -4.57. The van der Waals surface area contributed by atoms with Gasteiger partial charge in [0, 0.05) is 17.8 Å². The molecule has 0 spiro atoms. The molecule has 1 amide bonds. The van der Waals surface area contributed by atoms with Gasteiger partial charge in [-0.2, -0.15) is 4.99 Å². The average molecular weight is 546 g/mol. The topological polar surface area (TPSA) is 121 Å². The molecule has 0 aliphatic carbocycles. The van der Waals surface area contributed by atoms with Crippen molar-refractivity contribution in [1.29, 1.82) is 0 Å². The molecule has 11 heteroatoms. The number of pyridine rings is 2. The zero-order valence-electron chi connectivity index (χ0n) is 21.6. The van der Waals surface area contributed by atoms with E-state index in [9.17, 15) is 14.4 Å². The highest BCUT2D eigenvalue weighted by Gasteiger charge is 2.25. The van der Waals surface area contributed by atoms with Crippen molar-refractivity contribution in [1.82, 2.24) is 19.1 Å². The van der Waals surface area contributed by atoms with Crippen molar-refractivity contribution in [2.75, 3.05) is 6.61 Å². The second-order valence-electron chi connectivity index (χ2n) is 9.01. The predicted octanol–water partition coefficient (Wildman–Crippen LogP) is 4.76. The summed E-state index contributed by atoms with van der Waals surface area (Å²) in [6.45, 7) is 7.02. The van der Waals surface area contributed by atoms with E-state index in [1.165, 1.54) is 10.5 Å². The second-order valence-corrected chi connectivity index (χ2v) is 9.42. The van der Waals surface area contributed by atoms with Crippen molar-refractivity contribution in [2.45, 2.75) is 33.7 Å². The van der Waals surface area contributed by atoms with E-state index in [2.05, 4.69) is 15.1 Å². The maximum Gasteiger partial charge on any atom is 0.341 e. The fourth-order valence-corrected chi connectivity index (χ4v) is 4.64. The molecule has 0 saturated heterocycles. The minimum atomic E-state index is -0.730. The van der Waals surface area contributed by atoms with Crippen LogP contribution in [-0.4, -0.2) is 37.6 Å². The highest BCUT2D eigenvalue weighted by Crippen LogP contribution is 2.31. The summed E-state index contributed by atoms with van der Waals surface area (Å²) in [6, 6.07) is 13.1. The van der Waals surface area contributed by atoms with Crippen LogP contribution in [0.1, 0.15) is 53.3 Å². The Morgan fingerprint density at radius 1 is 1.15 bits per heavy atom. The summed E-state index contributed by atoms with van der Waals surface area (Å²) < 4.78 is 13.6. The summed E-state index contributed by atoms with van der Waals surface area (Å²) in [6.07, 6.45) is 1.60. The van der Waals surface area contributed by atoms with Crippen LogP contribution in [0.5, 0.6) is 0 Å². The summed E-state index contributed by atoms with van der Waals surface area (Å²) in [5.74, 6) is -1.21. The summed E-state index contributed by atoms with van der Waals surface area (Å²) in [5.41, 5.74) is 1.08. The van der Waals surface area contributed by atoms with Gasteiger partial charge in [0.1, 0.15) is 33.9 Å². The maximum absolute atomic E-state index is 13.8. The number of hydrogen-bond donors (Lipinski definition) is 0. The number of ether oxygens (including phenoxy) is 1. The molecule has 0 N–H and O–H groups in total. The van der Waals surface area contributed by atoms with E-state index in [0.29, 0.717) is 16.2 Å². The van der Waals surface area contributed by atoms with Crippen LogP contribution in [0.15, 0.2) is 69.0 Å². The number of halogens is 1. The molecule has 0 aliphatic rings. The van der Waals surface area contributed by atoms with Gasteiger partial charge in [-0.05, 0) is 52.0 Å². The molecule has 10 nitrogen and oxygen atoms in total. The summed E-state index contributed by atoms with van der Waals surface area (Å²) in [7, 11) is 0. The number of carbonyl (C=O) groups excluding carboxylic acids is 2. The van der Waals surface area contributed by atoms with Gasteiger partial charge in [-0.25, -0.2) is 9.78 Å². The van der Waals surface area contributed by atoms with Gasteiger partial charge in [-0.3, -0.25) is 14.0 Å². The van der Waals surface area contributed by atoms with E-state index >= 15 is 0 Å². The molecule has 0 radical (unpaired) electrons. The smallest absolute Gasteiger partial charge is 0.341 e. The first-order chi connectivity index (χ1) is 18.7. The molecule has 0 unspecified atom stereocenters. The molecule has 39 heavy (non-hydrogen) atoms. The SMILES string of the molecule is CCOC(=O)c1cc2c(=O)n3ccccc3nc2n(C(C)C)c1=NC(=O)c1c(-c2ccccc2Cl)noc1C. The number of nitrogens with zero attached hydrogens (tertiary/aromatic N) is 5. The molecule has 1 aromatic carbocycles. The van der Waals surface area contributed by atoms with Gasteiger partial charge in [0.25, 0.3) is 11.5 Å². The molecular weight excluding hydrogens is 522 g/mol. The van der Waals surface area contributed by atoms with Crippen LogP contribution >= 0.6 is 11.6 Å². The van der Waals surface area contributed by atoms with E-state index < -0.39 is 11.9 Å². The van der Waals surface area contributed by atoms with Crippen molar-refractivity contribution in [3.05, 3.63) is 92.5 Å². The van der Waals surface area contributed by atoms with Gasteiger partial charge < -0.3 is 13.8 Å². The quantitative estimate of drug-likeness (QED) is 0.230. The number of benzene rings is 1. The Kier molecular flexibility index (Phi) is 6.88. The number of carbonyl (C=O) groups is 2. The summed E-state index contributed by atoms with van der Waals surface area (Å²) in [4.78, 5) is 49.4. The molecule has 5 aromatic rings. The fourth-order valence-electron chi connectivity index (χ4n) is 4.42. The molecule has 0 aliphatic heterocycles. The third-order valence-corrected chi connectivity index (χ3v) is 6.49. The molecule has 0 bridgehead atoms. The Morgan fingerprint density at radius 3 is 2.62 bits per heavy atom. The largest absolute Gasteiger partial charge is 0.462 e. The lowest BCUT2D eigenvalue weighted by Gasteiger charge is -2.17. The van der Waals surface area contributed by atoms with E-state index in [-0.39, 0.29) is 57.3 Å². The van der Waals surface area contributed by atoms with Gasteiger partial charge >= 0.3 is 5.97 Å². The van der Waals surface area contributed by atoms with E-state index in [1.54, 1.807) is 67.1 Å². The third-order valence-electron chi connectivity index (χ3n) is 6.16. The van der Waals surface area contributed by atoms with Crippen LogP contribution in [0.4, 0.5) is 0 Å². The number of amides is 1. The first kappa shape index (κ1) is 26.1. The lowest BCUT2D eigenvalue weighted by molar-refractivity contribution is 0.0523. The normalized spacial score (nSPS) is 12.0. The molecule has 4 aromatic heterocycles. The Bertz CT molecular complexity index is 1900. The Morgan fingerprint density at radius 2 is 1.90 bits per heavy atom. The van der Waals surface area contributed by atoms with Crippen LogP contribution in [0.3, 0.4) is 0 Å². The Labute approximate surface area is 227 Å². The number of esters is 1. The number of rotatable bonds is 5. The standard InChI is InChI=1S/C28H24ClN5O5/c1-5-38-28(37)19-14-18-24(30-21-12-8-9-13-33(21)27(18)36)34(15(2)3)25(19)31-26(35)22-16(4)39-32-23(22)17-10-6-7-11-20(17)29/h6-15H,5H2,1-4H3. The highest BCUT2D eigenvalue weighted by atomic mass is 35.5. The average Bonchev–Trinajstić information content (AvgIpc) is 3.29. The van der Waals surface area contributed by atoms with Gasteiger partial charge in [0.05, 0.1) is 17.0 Å². The van der Waals surface area contributed by atoms with Crippen molar-refractivity contribution in [2.24, 2.45) is 4.99 Å². The number of fused-ring (bicyclic) bond motifs is 2. The monoisotopic (exact) mass is 545 g/mol.